The third-order valence-corrected chi connectivity index (χ3v) is 12.0. The molecule has 55 heavy (non-hydrogen) atoms. The van der Waals surface area contributed by atoms with Gasteiger partial charge >= 0.3 is 0 Å². The summed E-state index contributed by atoms with van der Waals surface area (Å²) in [6, 6.07) is 72.2. The van der Waals surface area contributed by atoms with Gasteiger partial charge in [-0.05, 0) is 99.3 Å². The maximum absolute atomic E-state index is 6.82. The summed E-state index contributed by atoms with van der Waals surface area (Å²) in [5.41, 5.74) is 11.8. The van der Waals surface area contributed by atoms with E-state index in [1.54, 1.807) is 0 Å². The van der Waals surface area contributed by atoms with E-state index in [0.29, 0.717) is 0 Å². The lowest BCUT2D eigenvalue weighted by Crippen LogP contribution is -2.11. The number of fused-ring (bicyclic) bond motifs is 7. The van der Waals surface area contributed by atoms with Crippen LogP contribution in [-0.2, 0) is 0 Å². The molecule has 0 saturated heterocycles. The Morgan fingerprint density at radius 2 is 0.964 bits per heavy atom. The molecular weight excluding hydrogens is 687 g/mol. The highest BCUT2D eigenvalue weighted by Crippen LogP contribution is 2.48. The number of anilines is 3. The minimum atomic E-state index is 0.861. The average molecular weight is 720 g/mol. The zero-order valence-electron chi connectivity index (χ0n) is 29.8. The van der Waals surface area contributed by atoms with Gasteiger partial charge in [-0.3, -0.25) is 0 Å². The predicted molar refractivity (Wildman–Crippen MR) is 235 cm³/mol. The van der Waals surface area contributed by atoms with Crippen molar-refractivity contribution in [1.82, 2.24) is 0 Å². The Balaban J connectivity index is 1.10. The van der Waals surface area contributed by atoms with Gasteiger partial charge in [0.1, 0.15) is 5.58 Å². The first-order chi connectivity index (χ1) is 27.2. The Morgan fingerprint density at radius 1 is 0.364 bits per heavy atom. The Morgan fingerprint density at radius 3 is 1.75 bits per heavy atom. The van der Waals surface area contributed by atoms with E-state index in [1.807, 2.05) is 17.4 Å². The van der Waals surface area contributed by atoms with Gasteiger partial charge < -0.3 is 9.32 Å². The van der Waals surface area contributed by atoms with Gasteiger partial charge in [0.2, 0.25) is 0 Å². The molecule has 0 atom stereocenters. The summed E-state index contributed by atoms with van der Waals surface area (Å²) in [6.07, 6.45) is 0. The van der Waals surface area contributed by atoms with Gasteiger partial charge in [-0.2, -0.15) is 0 Å². The van der Waals surface area contributed by atoms with Crippen molar-refractivity contribution in [2.24, 2.45) is 0 Å². The molecule has 9 aromatic carbocycles. The van der Waals surface area contributed by atoms with E-state index < -0.39 is 0 Å². The van der Waals surface area contributed by atoms with Gasteiger partial charge in [0.25, 0.3) is 0 Å². The minimum Gasteiger partial charge on any atom is -0.454 e. The van der Waals surface area contributed by atoms with Crippen LogP contribution in [0.4, 0.5) is 17.1 Å². The molecule has 11 rings (SSSR count). The number of thiophene rings is 1. The number of rotatable bonds is 6. The lowest BCUT2D eigenvalue weighted by molar-refractivity contribution is 0.669. The lowest BCUT2D eigenvalue weighted by Gasteiger charge is -2.28. The smallest absolute Gasteiger partial charge is 0.160 e. The van der Waals surface area contributed by atoms with Crippen molar-refractivity contribution in [3.8, 4) is 33.4 Å². The monoisotopic (exact) mass is 719 g/mol. The summed E-state index contributed by atoms with van der Waals surface area (Å²) >= 11 is 1.85. The third kappa shape index (κ3) is 5.40. The molecule has 0 aliphatic carbocycles. The largest absolute Gasteiger partial charge is 0.454 e. The highest BCUT2D eigenvalue weighted by Gasteiger charge is 2.24. The fraction of sp³-hybridized carbons (Fsp3) is 0. The van der Waals surface area contributed by atoms with Gasteiger partial charge in [0.05, 0.1) is 5.69 Å². The summed E-state index contributed by atoms with van der Waals surface area (Å²) in [6.45, 7) is 0. The Kier molecular flexibility index (Phi) is 7.39. The number of nitrogens with zero attached hydrogens (tertiary/aromatic N) is 1. The number of benzene rings is 9. The van der Waals surface area contributed by atoms with Crippen LogP contribution in [0, 0.1) is 0 Å². The summed E-state index contributed by atoms with van der Waals surface area (Å²) < 4.78 is 9.46. The van der Waals surface area contributed by atoms with Crippen LogP contribution in [0.25, 0.3) is 86.3 Å². The number of furan rings is 1. The lowest BCUT2D eigenvalue weighted by atomic mass is 9.98. The van der Waals surface area contributed by atoms with Gasteiger partial charge in [-0.25, -0.2) is 0 Å². The Labute approximate surface area is 322 Å². The Hall–Kier alpha value is -6.94. The second kappa shape index (κ2) is 12.9. The molecule has 0 unspecified atom stereocenters. The van der Waals surface area contributed by atoms with Gasteiger partial charge in [-0.1, -0.05) is 140 Å². The zero-order chi connectivity index (χ0) is 36.3. The van der Waals surface area contributed by atoms with Crippen LogP contribution in [0.2, 0.25) is 0 Å². The van der Waals surface area contributed by atoms with E-state index in [2.05, 4.69) is 199 Å². The van der Waals surface area contributed by atoms with Crippen LogP contribution in [0.3, 0.4) is 0 Å². The van der Waals surface area contributed by atoms with E-state index >= 15 is 0 Å². The van der Waals surface area contributed by atoms with Crippen LogP contribution >= 0.6 is 11.3 Å². The van der Waals surface area contributed by atoms with Crippen molar-refractivity contribution in [2.45, 2.75) is 0 Å². The van der Waals surface area contributed by atoms with E-state index in [-0.39, 0.29) is 0 Å². The number of para-hydroxylation sites is 1. The van der Waals surface area contributed by atoms with Gasteiger partial charge in [0, 0.05) is 47.9 Å². The van der Waals surface area contributed by atoms with Crippen LogP contribution < -0.4 is 4.90 Å². The fourth-order valence-electron chi connectivity index (χ4n) is 8.14. The van der Waals surface area contributed by atoms with E-state index in [4.69, 9.17) is 4.42 Å². The molecular formula is C52H33NOS. The first-order valence-corrected chi connectivity index (χ1v) is 19.5. The maximum Gasteiger partial charge on any atom is 0.160 e. The molecule has 11 aromatic rings. The molecule has 0 aliphatic rings. The summed E-state index contributed by atoms with van der Waals surface area (Å²) in [5, 5.41) is 7.30. The second-order valence-electron chi connectivity index (χ2n) is 14.1. The molecule has 0 amide bonds. The molecule has 3 heteroatoms. The van der Waals surface area contributed by atoms with Crippen LogP contribution in [0.15, 0.2) is 205 Å². The maximum atomic E-state index is 6.82. The van der Waals surface area contributed by atoms with Gasteiger partial charge in [-0.15, -0.1) is 11.3 Å². The third-order valence-electron chi connectivity index (χ3n) is 10.9. The molecule has 0 radical (unpaired) electrons. The molecule has 2 heterocycles. The second-order valence-corrected chi connectivity index (χ2v) is 15.2. The van der Waals surface area contributed by atoms with Crippen molar-refractivity contribution >= 4 is 81.3 Å². The topological polar surface area (TPSA) is 16.4 Å². The standard InChI is InChI=1S/C52H33NOS/c1-2-11-37(12-3-1)43-29-30-46-44-14-6-8-16-48(44)54-52(46)51(43)53(41-25-20-35(21-26-41)39-19-18-34-10-4-5-13-38(34)32-39)42-27-22-36(23-28-42)40-24-31-50-47(33-40)45-15-7-9-17-49(45)55-50/h1-33H. The first kappa shape index (κ1) is 31.6. The van der Waals surface area contributed by atoms with E-state index in [0.717, 1.165) is 50.1 Å². The highest BCUT2D eigenvalue weighted by atomic mass is 32.1. The molecule has 0 fully saturated rings. The normalized spacial score (nSPS) is 11.6. The first-order valence-electron chi connectivity index (χ1n) is 18.7. The molecule has 0 N–H and O–H groups in total. The summed E-state index contributed by atoms with van der Waals surface area (Å²) in [4.78, 5) is 2.37. The van der Waals surface area contributed by atoms with Crippen LogP contribution in [0.1, 0.15) is 0 Å². The predicted octanol–water partition coefficient (Wildman–Crippen LogP) is 15.6. The molecule has 0 bridgehead atoms. The average Bonchev–Trinajstić information content (AvgIpc) is 3.83. The molecule has 0 spiro atoms. The van der Waals surface area contributed by atoms with Crippen LogP contribution in [0.5, 0.6) is 0 Å². The minimum absolute atomic E-state index is 0.861. The van der Waals surface area contributed by atoms with Crippen molar-refractivity contribution in [3.05, 3.63) is 200 Å². The van der Waals surface area contributed by atoms with Crippen molar-refractivity contribution in [3.63, 3.8) is 0 Å². The summed E-state index contributed by atoms with van der Waals surface area (Å²) in [7, 11) is 0. The summed E-state index contributed by atoms with van der Waals surface area (Å²) in [5.74, 6) is 0. The van der Waals surface area contributed by atoms with Crippen molar-refractivity contribution in [2.75, 3.05) is 4.90 Å². The Bertz CT molecular complexity index is 3190. The number of hydrogen-bond donors (Lipinski definition) is 0. The molecule has 2 aromatic heterocycles. The quantitative estimate of drug-likeness (QED) is 0.170. The van der Waals surface area contributed by atoms with Crippen LogP contribution in [-0.4, -0.2) is 0 Å². The zero-order valence-corrected chi connectivity index (χ0v) is 30.6. The van der Waals surface area contributed by atoms with E-state index in [9.17, 15) is 0 Å². The molecule has 0 saturated carbocycles. The SMILES string of the molecule is c1ccc(-c2ccc3c(oc4ccccc43)c2N(c2ccc(-c3ccc4ccccc4c3)cc2)c2ccc(-c3ccc4sc5ccccc5c4c3)cc2)cc1. The number of hydrogen-bond acceptors (Lipinski definition) is 3. The van der Waals surface area contributed by atoms with Gasteiger partial charge in [0.15, 0.2) is 5.58 Å². The fourth-order valence-corrected chi connectivity index (χ4v) is 9.22. The highest BCUT2D eigenvalue weighted by molar-refractivity contribution is 7.25. The molecule has 258 valence electrons. The van der Waals surface area contributed by atoms with Crippen molar-refractivity contribution in [1.29, 1.82) is 0 Å². The van der Waals surface area contributed by atoms with Crippen molar-refractivity contribution < 1.29 is 4.42 Å². The van der Waals surface area contributed by atoms with E-state index in [1.165, 1.54) is 53.2 Å². The molecule has 2 nitrogen and oxygen atoms in total. The molecule has 0 aliphatic heterocycles.